The van der Waals surface area contributed by atoms with Crippen molar-refractivity contribution in [1.29, 1.82) is 0 Å². The molecule has 5 heteroatoms. The number of fused-ring (bicyclic) bond motifs is 1. The lowest BCUT2D eigenvalue weighted by molar-refractivity contribution is -0.129. The Hall–Kier alpha value is -2.95. The highest BCUT2D eigenvalue weighted by atomic mass is 16.2. The van der Waals surface area contributed by atoms with Gasteiger partial charge >= 0.3 is 0 Å². The Balaban J connectivity index is 1.59. The van der Waals surface area contributed by atoms with Gasteiger partial charge in [-0.05, 0) is 29.3 Å². The molecule has 132 valence electrons. The number of hydrogen-bond acceptors (Lipinski definition) is 4. The van der Waals surface area contributed by atoms with E-state index in [0.29, 0.717) is 0 Å². The van der Waals surface area contributed by atoms with E-state index in [4.69, 9.17) is 4.98 Å². The van der Waals surface area contributed by atoms with Crippen LogP contribution in [0, 0.1) is 0 Å². The lowest BCUT2D eigenvalue weighted by Crippen LogP contribution is -2.37. The number of anilines is 1. The molecule has 0 aliphatic carbocycles. The van der Waals surface area contributed by atoms with Crippen molar-refractivity contribution in [2.45, 2.75) is 19.4 Å². The third kappa shape index (κ3) is 3.12. The number of rotatable bonds is 3. The zero-order valence-corrected chi connectivity index (χ0v) is 15.1. The highest BCUT2D eigenvalue weighted by Crippen LogP contribution is 2.25. The molecule has 3 aromatic rings. The minimum atomic E-state index is 0.0997. The summed E-state index contributed by atoms with van der Waals surface area (Å²) in [6, 6.07) is 16.9. The van der Waals surface area contributed by atoms with Crippen LogP contribution in [0.4, 0.5) is 5.95 Å². The van der Waals surface area contributed by atoms with E-state index in [1.165, 1.54) is 10.8 Å². The van der Waals surface area contributed by atoms with Gasteiger partial charge in [0.25, 0.3) is 0 Å². The summed E-state index contributed by atoms with van der Waals surface area (Å²) in [6.45, 7) is 3.25. The minimum absolute atomic E-state index is 0.0997. The van der Waals surface area contributed by atoms with E-state index in [1.807, 2.05) is 36.3 Å². The van der Waals surface area contributed by atoms with Gasteiger partial charge in [0.2, 0.25) is 11.9 Å². The molecule has 1 aliphatic heterocycles. The topological polar surface area (TPSA) is 49.3 Å². The Kier molecular flexibility index (Phi) is 4.29. The van der Waals surface area contributed by atoms with Gasteiger partial charge in [0, 0.05) is 38.8 Å². The molecule has 1 fully saturated rings. The molecule has 5 nitrogen and oxygen atoms in total. The van der Waals surface area contributed by atoms with E-state index < -0.39 is 0 Å². The number of amides is 1. The first-order valence-corrected chi connectivity index (χ1v) is 8.92. The molecule has 2 heterocycles. The quantitative estimate of drug-likeness (QED) is 0.730. The van der Waals surface area contributed by atoms with Gasteiger partial charge in [0.1, 0.15) is 0 Å². The summed E-state index contributed by atoms with van der Waals surface area (Å²) < 4.78 is 0. The molecule has 1 saturated heterocycles. The van der Waals surface area contributed by atoms with Crippen LogP contribution < -0.4 is 4.90 Å². The van der Waals surface area contributed by atoms with E-state index in [9.17, 15) is 4.79 Å². The highest BCUT2D eigenvalue weighted by molar-refractivity contribution is 5.86. The van der Waals surface area contributed by atoms with Crippen LogP contribution in [0.15, 0.2) is 54.7 Å². The van der Waals surface area contributed by atoms with E-state index in [1.54, 1.807) is 6.92 Å². The summed E-state index contributed by atoms with van der Waals surface area (Å²) >= 11 is 0. The van der Waals surface area contributed by atoms with E-state index >= 15 is 0 Å². The first-order valence-electron chi connectivity index (χ1n) is 8.92. The van der Waals surface area contributed by atoms with Crippen molar-refractivity contribution < 1.29 is 4.79 Å². The predicted octanol–water partition coefficient (Wildman–Crippen LogP) is 3.35. The van der Waals surface area contributed by atoms with Gasteiger partial charge in [-0.15, -0.1) is 0 Å². The summed E-state index contributed by atoms with van der Waals surface area (Å²) in [5, 5.41) is 2.43. The monoisotopic (exact) mass is 346 g/mol. The normalized spacial score (nSPS) is 16.8. The molecule has 0 unspecified atom stereocenters. The predicted molar refractivity (Wildman–Crippen MR) is 104 cm³/mol. The van der Waals surface area contributed by atoms with E-state index in [-0.39, 0.29) is 11.9 Å². The molecule has 0 saturated carbocycles. The molecule has 1 amide bonds. The maximum absolute atomic E-state index is 11.6. The van der Waals surface area contributed by atoms with Crippen LogP contribution in [0.1, 0.15) is 13.3 Å². The molecule has 1 atom stereocenters. The van der Waals surface area contributed by atoms with Gasteiger partial charge in [0.15, 0.2) is 0 Å². The first-order chi connectivity index (χ1) is 12.6. The molecule has 2 aromatic carbocycles. The van der Waals surface area contributed by atoms with Gasteiger partial charge in [0.05, 0.1) is 11.7 Å². The van der Waals surface area contributed by atoms with Crippen LogP contribution >= 0.6 is 0 Å². The summed E-state index contributed by atoms with van der Waals surface area (Å²) in [4.78, 5) is 24.8. The van der Waals surface area contributed by atoms with Crippen molar-refractivity contribution in [2.75, 3.05) is 25.0 Å². The lowest BCUT2D eigenvalue weighted by atomic mass is 10.1. The van der Waals surface area contributed by atoms with Crippen LogP contribution in [0.25, 0.3) is 22.0 Å². The fourth-order valence-electron chi connectivity index (χ4n) is 3.51. The van der Waals surface area contributed by atoms with Crippen LogP contribution in [-0.2, 0) is 4.79 Å². The average molecular weight is 346 g/mol. The maximum Gasteiger partial charge on any atom is 0.225 e. The van der Waals surface area contributed by atoms with Gasteiger partial charge in [-0.25, -0.2) is 9.97 Å². The van der Waals surface area contributed by atoms with Crippen LogP contribution in [0.5, 0.6) is 0 Å². The number of nitrogens with zero attached hydrogens (tertiary/aromatic N) is 4. The Morgan fingerprint density at radius 1 is 1.15 bits per heavy atom. The van der Waals surface area contributed by atoms with Gasteiger partial charge in [-0.2, -0.15) is 0 Å². The van der Waals surface area contributed by atoms with Crippen LogP contribution in [0.2, 0.25) is 0 Å². The molecule has 1 aromatic heterocycles. The first kappa shape index (κ1) is 16.5. The summed E-state index contributed by atoms with van der Waals surface area (Å²) in [5.41, 5.74) is 2.01. The maximum atomic E-state index is 11.6. The zero-order valence-electron chi connectivity index (χ0n) is 15.1. The minimum Gasteiger partial charge on any atom is -0.341 e. The van der Waals surface area contributed by atoms with E-state index in [0.717, 1.165) is 36.7 Å². The second kappa shape index (κ2) is 6.75. The van der Waals surface area contributed by atoms with Crippen molar-refractivity contribution in [3.63, 3.8) is 0 Å². The molecular weight excluding hydrogens is 324 g/mol. The van der Waals surface area contributed by atoms with E-state index in [2.05, 4.69) is 40.2 Å². The Morgan fingerprint density at radius 3 is 2.77 bits per heavy atom. The fourth-order valence-corrected chi connectivity index (χ4v) is 3.51. The van der Waals surface area contributed by atoms with Crippen molar-refractivity contribution in [3.8, 4) is 11.3 Å². The number of carbonyl (C=O) groups excluding carboxylic acids is 1. The van der Waals surface area contributed by atoms with Crippen molar-refractivity contribution in [3.05, 3.63) is 54.7 Å². The average Bonchev–Trinajstić information content (AvgIpc) is 3.17. The van der Waals surface area contributed by atoms with Gasteiger partial charge < -0.3 is 9.80 Å². The number of carbonyl (C=O) groups is 1. The number of likely N-dealkylation sites (N-methyl/N-ethyl adjacent to an activating group) is 1. The largest absolute Gasteiger partial charge is 0.341 e. The summed E-state index contributed by atoms with van der Waals surface area (Å²) in [5.74, 6) is 0.831. The summed E-state index contributed by atoms with van der Waals surface area (Å²) in [7, 11) is 1.86. The standard InChI is InChI=1S/C21H22N4O/c1-15(26)24(2)19-10-12-25(14-19)21-22-11-9-20(23-21)18-8-7-16-5-3-4-6-17(16)13-18/h3-9,11,13,19H,10,12,14H2,1-2H3/t19-/m1/s1. The fraction of sp³-hybridized carbons (Fsp3) is 0.286. The molecular formula is C21H22N4O. The van der Waals surface area contributed by atoms with Gasteiger partial charge in [-0.3, -0.25) is 4.79 Å². The number of benzene rings is 2. The molecule has 0 spiro atoms. The number of aromatic nitrogens is 2. The smallest absolute Gasteiger partial charge is 0.225 e. The third-order valence-electron chi connectivity index (χ3n) is 5.18. The molecule has 0 radical (unpaired) electrons. The molecule has 26 heavy (non-hydrogen) atoms. The Morgan fingerprint density at radius 2 is 1.96 bits per heavy atom. The van der Waals surface area contributed by atoms with Crippen molar-refractivity contribution in [1.82, 2.24) is 14.9 Å². The molecule has 4 rings (SSSR count). The zero-order chi connectivity index (χ0) is 18.1. The van der Waals surface area contributed by atoms with Crippen molar-refractivity contribution >= 4 is 22.6 Å². The SMILES string of the molecule is CC(=O)N(C)[C@@H]1CCN(c2nccc(-c3ccc4ccccc4c3)n2)C1. The lowest BCUT2D eigenvalue weighted by Gasteiger charge is -2.23. The highest BCUT2D eigenvalue weighted by Gasteiger charge is 2.28. The van der Waals surface area contributed by atoms with Gasteiger partial charge in [-0.1, -0.05) is 36.4 Å². The molecule has 0 bridgehead atoms. The number of hydrogen-bond donors (Lipinski definition) is 0. The van der Waals surface area contributed by atoms with Crippen LogP contribution in [0.3, 0.4) is 0 Å². The molecule has 1 aliphatic rings. The second-order valence-corrected chi connectivity index (χ2v) is 6.82. The Labute approximate surface area is 153 Å². The van der Waals surface area contributed by atoms with Crippen molar-refractivity contribution in [2.24, 2.45) is 0 Å². The van der Waals surface area contributed by atoms with Crippen LogP contribution in [-0.4, -0.2) is 47.0 Å². The Bertz CT molecular complexity index is 955. The molecule has 0 N–H and O–H groups in total. The second-order valence-electron chi connectivity index (χ2n) is 6.82. The summed E-state index contributed by atoms with van der Waals surface area (Å²) in [6.07, 6.45) is 2.76. The third-order valence-corrected chi connectivity index (χ3v) is 5.18.